The summed E-state index contributed by atoms with van der Waals surface area (Å²) in [5, 5.41) is 13.5. The topological polar surface area (TPSA) is 81.5 Å². The van der Waals surface area contributed by atoms with Gasteiger partial charge in [0.2, 0.25) is 0 Å². The smallest absolute Gasteiger partial charge is 0.271 e. The SMILES string of the molecule is Cc1ccc(O[C@@H](C)C(=O)Nc2cc([N+](=O)[O-])ccc2C)cc1. The van der Waals surface area contributed by atoms with E-state index in [0.29, 0.717) is 11.4 Å². The van der Waals surface area contributed by atoms with E-state index in [0.717, 1.165) is 11.1 Å². The van der Waals surface area contributed by atoms with E-state index in [4.69, 9.17) is 4.74 Å². The van der Waals surface area contributed by atoms with Crippen LogP contribution < -0.4 is 10.1 Å². The number of nitrogens with zero attached hydrogens (tertiary/aromatic N) is 1. The van der Waals surface area contributed by atoms with Gasteiger partial charge >= 0.3 is 0 Å². The third kappa shape index (κ3) is 4.29. The van der Waals surface area contributed by atoms with Gasteiger partial charge < -0.3 is 10.1 Å². The van der Waals surface area contributed by atoms with Crippen molar-refractivity contribution in [3.8, 4) is 5.75 Å². The Morgan fingerprint density at radius 2 is 1.83 bits per heavy atom. The van der Waals surface area contributed by atoms with E-state index >= 15 is 0 Å². The Morgan fingerprint density at radius 1 is 1.17 bits per heavy atom. The first-order chi connectivity index (χ1) is 10.9. The van der Waals surface area contributed by atoms with Crippen LogP contribution in [0.1, 0.15) is 18.1 Å². The Hall–Kier alpha value is -2.89. The van der Waals surface area contributed by atoms with Gasteiger partial charge in [-0.25, -0.2) is 0 Å². The Labute approximate surface area is 134 Å². The van der Waals surface area contributed by atoms with Gasteiger partial charge in [0.15, 0.2) is 6.10 Å². The molecule has 2 aromatic carbocycles. The first-order valence-corrected chi connectivity index (χ1v) is 7.16. The minimum Gasteiger partial charge on any atom is -0.481 e. The summed E-state index contributed by atoms with van der Waals surface area (Å²) in [5.41, 5.74) is 2.18. The van der Waals surface area contributed by atoms with Crippen LogP contribution in [0.25, 0.3) is 0 Å². The number of nitro benzene ring substituents is 1. The van der Waals surface area contributed by atoms with Crippen molar-refractivity contribution in [3.63, 3.8) is 0 Å². The lowest BCUT2D eigenvalue weighted by molar-refractivity contribution is -0.384. The maximum Gasteiger partial charge on any atom is 0.271 e. The fraction of sp³-hybridized carbons (Fsp3) is 0.235. The molecule has 2 rings (SSSR count). The number of nitro groups is 1. The molecule has 0 radical (unpaired) electrons. The van der Waals surface area contributed by atoms with Crippen molar-refractivity contribution in [2.24, 2.45) is 0 Å². The molecule has 6 heteroatoms. The zero-order valence-corrected chi connectivity index (χ0v) is 13.2. The zero-order chi connectivity index (χ0) is 17.0. The highest BCUT2D eigenvalue weighted by molar-refractivity contribution is 5.95. The van der Waals surface area contributed by atoms with E-state index in [9.17, 15) is 14.9 Å². The summed E-state index contributed by atoms with van der Waals surface area (Å²) in [6.07, 6.45) is -0.726. The van der Waals surface area contributed by atoms with Crippen LogP contribution in [0.15, 0.2) is 42.5 Å². The molecule has 0 saturated carbocycles. The first-order valence-electron chi connectivity index (χ1n) is 7.16. The largest absolute Gasteiger partial charge is 0.481 e. The van der Waals surface area contributed by atoms with E-state index in [1.165, 1.54) is 12.1 Å². The third-order valence-corrected chi connectivity index (χ3v) is 3.39. The Morgan fingerprint density at radius 3 is 2.43 bits per heavy atom. The van der Waals surface area contributed by atoms with Crippen LogP contribution in [0.2, 0.25) is 0 Å². The first kappa shape index (κ1) is 16.5. The lowest BCUT2D eigenvalue weighted by Crippen LogP contribution is -2.30. The van der Waals surface area contributed by atoms with E-state index in [1.54, 1.807) is 32.0 Å². The van der Waals surface area contributed by atoms with Crippen molar-refractivity contribution >= 4 is 17.3 Å². The highest BCUT2D eigenvalue weighted by Gasteiger charge is 2.17. The standard InChI is InChI=1S/C17H18N2O4/c1-11-4-8-15(9-5-11)23-13(3)17(20)18-16-10-14(19(21)22)7-6-12(16)2/h4-10,13H,1-3H3,(H,18,20)/t13-/m0/s1. The minimum atomic E-state index is -0.726. The van der Waals surface area contributed by atoms with E-state index < -0.39 is 11.0 Å². The number of benzene rings is 2. The quantitative estimate of drug-likeness (QED) is 0.675. The molecule has 0 bridgehead atoms. The Balaban J connectivity index is 2.07. The van der Waals surface area contributed by atoms with Crippen LogP contribution in [-0.2, 0) is 4.79 Å². The van der Waals surface area contributed by atoms with Gasteiger partial charge in [0.05, 0.1) is 10.6 Å². The molecule has 0 heterocycles. The van der Waals surface area contributed by atoms with Crippen molar-refractivity contribution in [1.82, 2.24) is 0 Å². The molecule has 0 aliphatic carbocycles. The predicted molar refractivity (Wildman–Crippen MR) is 87.7 cm³/mol. The molecule has 0 spiro atoms. The van der Waals surface area contributed by atoms with Gasteiger partial charge in [-0.1, -0.05) is 23.8 Å². The van der Waals surface area contributed by atoms with Crippen molar-refractivity contribution < 1.29 is 14.5 Å². The number of carbonyl (C=O) groups excluding carboxylic acids is 1. The number of anilines is 1. The second-order valence-corrected chi connectivity index (χ2v) is 5.32. The molecule has 23 heavy (non-hydrogen) atoms. The highest BCUT2D eigenvalue weighted by Crippen LogP contribution is 2.22. The third-order valence-electron chi connectivity index (χ3n) is 3.39. The number of aryl methyl sites for hydroxylation is 2. The molecule has 0 fully saturated rings. The number of hydrogen-bond acceptors (Lipinski definition) is 4. The van der Waals surface area contributed by atoms with Gasteiger partial charge in [-0.2, -0.15) is 0 Å². The molecule has 6 nitrogen and oxygen atoms in total. The summed E-state index contributed by atoms with van der Waals surface area (Å²) in [5.74, 6) is 0.225. The lowest BCUT2D eigenvalue weighted by Gasteiger charge is -2.15. The summed E-state index contributed by atoms with van der Waals surface area (Å²) in [6.45, 7) is 5.36. The van der Waals surface area contributed by atoms with Crippen LogP contribution in [0, 0.1) is 24.0 Å². The van der Waals surface area contributed by atoms with Crippen molar-refractivity contribution in [1.29, 1.82) is 0 Å². The zero-order valence-electron chi connectivity index (χ0n) is 13.2. The molecular weight excluding hydrogens is 296 g/mol. The number of non-ortho nitro benzene ring substituents is 1. The van der Waals surface area contributed by atoms with Crippen LogP contribution >= 0.6 is 0 Å². The number of rotatable bonds is 5. The van der Waals surface area contributed by atoms with E-state index in [2.05, 4.69) is 5.32 Å². The van der Waals surface area contributed by atoms with Crippen molar-refractivity contribution in [2.75, 3.05) is 5.32 Å². The monoisotopic (exact) mass is 314 g/mol. The summed E-state index contributed by atoms with van der Waals surface area (Å²) in [6, 6.07) is 11.7. The molecule has 0 saturated heterocycles. The minimum absolute atomic E-state index is 0.0713. The molecule has 1 N–H and O–H groups in total. The summed E-state index contributed by atoms with van der Waals surface area (Å²) < 4.78 is 5.57. The van der Waals surface area contributed by atoms with E-state index in [-0.39, 0.29) is 11.6 Å². The number of amides is 1. The fourth-order valence-corrected chi connectivity index (χ4v) is 1.97. The highest BCUT2D eigenvalue weighted by atomic mass is 16.6. The lowest BCUT2D eigenvalue weighted by atomic mass is 10.1. The summed E-state index contributed by atoms with van der Waals surface area (Å²) in [7, 11) is 0. The van der Waals surface area contributed by atoms with Crippen LogP contribution in [0.5, 0.6) is 5.75 Å². The second-order valence-electron chi connectivity index (χ2n) is 5.32. The second kappa shape index (κ2) is 6.91. The molecule has 0 aliphatic heterocycles. The number of ether oxygens (including phenoxy) is 1. The predicted octanol–water partition coefficient (Wildman–Crippen LogP) is 3.62. The number of hydrogen-bond donors (Lipinski definition) is 1. The molecule has 0 unspecified atom stereocenters. The average molecular weight is 314 g/mol. The fourth-order valence-electron chi connectivity index (χ4n) is 1.97. The van der Waals surface area contributed by atoms with Crippen LogP contribution in [0.4, 0.5) is 11.4 Å². The summed E-state index contributed by atoms with van der Waals surface area (Å²) in [4.78, 5) is 22.5. The van der Waals surface area contributed by atoms with Gasteiger partial charge in [-0.15, -0.1) is 0 Å². The van der Waals surface area contributed by atoms with Crippen LogP contribution in [-0.4, -0.2) is 16.9 Å². The Bertz CT molecular complexity index is 726. The molecule has 1 amide bonds. The normalized spacial score (nSPS) is 11.6. The van der Waals surface area contributed by atoms with Crippen molar-refractivity contribution in [2.45, 2.75) is 26.9 Å². The Kier molecular flexibility index (Phi) is 4.95. The molecule has 1 atom stereocenters. The molecule has 0 aliphatic rings. The average Bonchev–Trinajstić information content (AvgIpc) is 2.51. The maximum atomic E-state index is 12.2. The van der Waals surface area contributed by atoms with Crippen LogP contribution in [0.3, 0.4) is 0 Å². The van der Waals surface area contributed by atoms with Gasteiger partial charge in [-0.3, -0.25) is 14.9 Å². The van der Waals surface area contributed by atoms with Gasteiger partial charge in [0.1, 0.15) is 5.75 Å². The molecule has 120 valence electrons. The van der Waals surface area contributed by atoms with Gasteiger partial charge in [0.25, 0.3) is 11.6 Å². The molecule has 2 aromatic rings. The van der Waals surface area contributed by atoms with E-state index in [1.807, 2.05) is 19.1 Å². The van der Waals surface area contributed by atoms with Gasteiger partial charge in [-0.05, 0) is 38.5 Å². The molecule has 0 aromatic heterocycles. The summed E-state index contributed by atoms with van der Waals surface area (Å²) >= 11 is 0. The number of carbonyl (C=O) groups is 1. The maximum absolute atomic E-state index is 12.2. The molecular formula is C17H18N2O4. The van der Waals surface area contributed by atoms with Gasteiger partial charge in [0, 0.05) is 12.1 Å². The van der Waals surface area contributed by atoms with Crippen molar-refractivity contribution in [3.05, 3.63) is 63.7 Å². The number of nitrogens with one attached hydrogen (secondary N) is 1.